The molecule has 1 saturated heterocycles. The van der Waals surface area contributed by atoms with Gasteiger partial charge in [0, 0.05) is 19.5 Å². The van der Waals surface area contributed by atoms with E-state index in [1.807, 2.05) is 41.3 Å². The Hall–Kier alpha value is -2.24. The van der Waals surface area contributed by atoms with Crippen LogP contribution in [0.3, 0.4) is 0 Å². The van der Waals surface area contributed by atoms with Crippen molar-refractivity contribution in [2.45, 2.75) is 37.8 Å². The fourth-order valence-corrected chi connectivity index (χ4v) is 4.62. The summed E-state index contributed by atoms with van der Waals surface area (Å²) in [4.78, 5) is 26.7. The Morgan fingerprint density at radius 2 is 1.93 bits per heavy atom. The molecule has 1 aliphatic carbocycles. The quantitative estimate of drug-likeness (QED) is 0.723. The van der Waals surface area contributed by atoms with Crippen molar-refractivity contribution in [1.29, 1.82) is 0 Å². The summed E-state index contributed by atoms with van der Waals surface area (Å²) in [7, 11) is 0. The van der Waals surface area contributed by atoms with Crippen LogP contribution in [-0.4, -0.2) is 29.9 Å². The zero-order valence-corrected chi connectivity index (χ0v) is 17.5. The molecule has 4 rings (SSSR count). The molecule has 5 nitrogen and oxygen atoms in total. The molecule has 2 N–H and O–H groups in total. The first kappa shape index (κ1) is 20.0. The Balaban J connectivity index is 1.46. The van der Waals surface area contributed by atoms with E-state index >= 15 is 0 Å². The Bertz CT molecular complexity index is 920. The molecule has 152 valence electrons. The van der Waals surface area contributed by atoms with E-state index in [1.54, 1.807) is 6.07 Å². The predicted octanol–water partition coefficient (Wildman–Crippen LogP) is 4.64. The number of carbonyl (C=O) groups excluding carboxylic acids is 2. The van der Waals surface area contributed by atoms with Gasteiger partial charge in [0.05, 0.1) is 22.1 Å². The summed E-state index contributed by atoms with van der Waals surface area (Å²) in [5.41, 5.74) is 3.00. The maximum atomic E-state index is 12.8. The molecule has 2 aromatic carbocycles. The largest absolute Gasteiger partial charge is 0.340 e. The molecule has 1 heterocycles. The topological polar surface area (TPSA) is 61.4 Å². The van der Waals surface area contributed by atoms with Gasteiger partial charge in [0.25, 0.3) is 0 Å². The molecule has 2 aromatic rings. The van der Waals surface area contributed by atoms with Gasteiger partial charge in [-0.25, -0.2) is 4.79 Å². The maximum absolute atomic E-state index is 12.8. The van der Waals surface area contributed by atoms with Gasteiger partial charge in [0.1, 0.15) is 0 Å². The lowest BCUT2D eigenvalue weighted by atomic mass is 10.1. The molecule has 7 heteroatoms. The summed E-state index contributed by atoms with van der Waals surface area (Å²) < 4.78 is 0. The highest BCUT2D eigenvalue weighted by Crippen LogP contribution is 2.39. The van der Waals surface area contributed by atoms with Crippen molar-refractivity contribution in [1.82, 2.24) is 15.5 Å². The van der Waals surface area contributed by atoms with E-state index < -0.39 is 0 Å². The highest BCUT2D eigenvalue weighted by atomic mass is 35.5. The van der Waals surface area contributed by atoms with E-state index in [2.05, 4.69) is 10.6 Å². The second kappa shape index (κ2) is 8.64. The first-order chi connectivity index (χ1) is 14.0. The normalized spacial score (nSPS) is 19.2. The average Bonchev–Trinajstić information content (AvgIpc) is 3.31. The van der Waals surface area contributed by atoms with Crippen molar-refractivity contribution in [3.8, 4) is 0 Å². The van der Waals surface area contributed by atoms with Crippen LogP contribution in [0.4, 0.5) is 4.79 Å². The lowest BCUT2D eigenvalue weighted by Gasteiger charge is -2.26. The van der Waals surface area contributed by atoms with Gasteiger partial charge in [0.2, 0.25) is 5.91 Å². The van der Waals surface area contributed by atoms with Crippen LogP contribution in [0.15, 0.2) is 42.5 Å². The Kier molecular flexibility index (Phi) is 5.97. The van der Waals surface area contributed by atoms with Crippen LogP contribution >= 0.6 is 23.2 Å². The number of likely N-dealkylation sites (tertiary alicyclic amines) is 1. The molecule has 2 aliphatic rings. The summed E-state index contributed by atoms with van der Waals surface area (Å²) in [6, 6.07) is 12.8. The minimum absolute atomic E-state index is 0.107. The van der Waals surface area contributed by atoms with Crippen molar-refractivity contribution in [2.24, 2.45) is 0 Å². The Labute approximate surface area is 180 Å². The van der Waals surface area contributed by atoms with Gasteiger partial charge in [-0.05, 0) is 42.0 Å². The van der Waals surface area contributed by atoms with E-state index in [-0.39, 0.29) is 24.0 Å². The zero-order chi connectivity index (χ0) is 20.4. The van der Waals surface area contributed by atoms with Gasteiger partial charge in [-0.3, -0.25) is 4.79 Å². The number of hydrogen-bond donors (Lipinski definition) is 2. The molecular formula is C22H23Cl2N3O2. The van der Waals surface area contributed by atoms with Gasteiger partial charge in [-0.1, -0.05) is 59.6 Å². The van der Waals surface area contributed by atoms with E-state index in [9.17, 15) is 9.59 Å². The standard InChI is InChI=1S/C22H23Cl2N3O2/c23-17-10-8-15-16(21(17)24)9-11-18(15)25-22(29)26-19(14-5-2-1-3-6-14)13-27-12-4-7-20(27)28/h1-3,5-6,8,10,18-19H,4,7,9,11-13H2,(H2,25,26,29). The molecule has 1 fully saturated rings. The SMILES string of the molecule is O=C(NC(CN1CCCC1=O)c1ccccc1)NC1CCc2c1ccc(Cl)c2Cl. The van der Waals surface area contributed by atoms with Crippen LogP contribution in [0.5, 0.6) is 0 Å². The van der Waals surface area contributed by atoms with Gasteiger partial charge in [0.15, 0.2) is 0 Å². The molecule has 2 unspecified atom stereocenters. The number of benzene rings is 2. The lowest BCUT2D eigenvalue weighted by molar-refractivity contribution is -0.128. The molecular weight excluding hydrogens is 409 g/mol. The number of fused-ring (bicyclic) bond motifs is 1. The third kappa shape index (κ3) is 4.36. The maximum Gasteiger partial charge on any atom is 0.315 e. The van der Waals surface area contributed by atoms with Crippen LogP contribution < -0.4 is 10.6 Å². The molecule has 0 aromatic heterocycles. The summed E-state index contributed by atoms with van der Waals surface area (Å²) >= 11 is 12.4. The van der Waals surface area contributed by atoms with Crippen LogP contribution in [0, 0.1) is 0 Å². The van der Waals surface area contributed by atoms with E-state index in [1.165, 1.54) is 0 Å². The third-order valence-electron chi connectivity index (χ3n) is 5.68. The number of amides is 3. The van der Waals surface area contributed by atoms with Gasteiger partial charge >= 0.3 is 6.03 Å². The minimum Gasteiger partial charge on any atom is -0.340 e. The molecule has 2 atom stereocenters. The van der Waals surface area contributed by atoms with Gasteiger partial charge < -0.3 is 15.5 Å². The molecule has 1 aliphatic heterocycles. The van der Waals surface area contributed by atoms with E-state index in [0.29, 0.717) is 23.0 Å². The number of carbonyl (C=O) groups is 2. The number of urea groups is 1. The van der Waals surface area contributed by atoms with Crippen molar-refractivity contribution in [2.75, 3.05) is 13.1 Å². The number of nitrogens with zero attached hydrogens (tertiary/aromatic N) is 1. The molecule has 0 saturated carbocycles. The summed E-state index contributed by atoms with van der Waals surface area (Å²) in [5.74, 6) is 0.143. The van der Waals surface area contributed by atoms with Crippen molar-refractivity contribution in [3.63, 3.8) is 0 Å². The van der Waals surface area contributed by atoms with E-state index in [0.717, 1.165) is 42.5 Å². The Morgan fingerprint density at radius 1 is 1.14 bits per heavy atom. The van der Waals surface area contributed by atoms with E-state index in [4.69, 9.17) is 23.2 Å². The first-order valence-electron chi connectivity index (χ1n) is 9.89. The van der Waals surface area contributed by atoms with Crippen molar-refractivity contribution >= 4 is 35.1 Å². The first-order valence-corrected chi connectivity index (χ1v) is 10.6. The fraction of sp³-hybridized carbons (Fsp3) is 0.364. The number of hydrogen-bond acceptors (Lipinski definition) is 2. The minimum atomic E-state index is -0.270. The Morgan fingerprint density at radius 3 is 2.66 bits per heavy atom. The van der Waals surface area contributed by atoms with Gasteiger partial charge in [-0.2, -0.15) is 0 Å². The van der Waals surface area contributed by atoms with Crippen molar-refractivity contribution < 1.29 is 9.59 Å². The molecule has 29 heavy (non-hydrogen) atoms. The lowest BCUT2D eigenvalue weighted by Crippen LogP contribution is -2.43. The predicted molar refractivity (Wildman–Crippen MR) is 114 cm³/mol. The number of nitrogens with one attached hydrogen (secondary N) is 2. The fourth-order valence-electron chi connectivity index (χ4n) is 4.18. The number of halogens is 2. The molecule has 0 spiro atoms. The smallest absolute Gasteiger partial charge is 0.315 e. The van der Waals surface area contributed by atoms with Crippen LogP contribution in [-0.2, 0) is 11.2 Å². The van der Waals surface area contributed by atoms with Crippen LogP contribution in [0.1, 0.15) is 48.0 Å². The second-order valence-electron chi connectivity index (χ2n) is 7.54. The number of rotatable bonds is 5. The van der Waals surface area contributed by atoms with Gasteiger partial charge in [-0.15, -0.1) is 0 Å². The van der Waals surface area contributed by atoms with Crippen LogP contribution in [0.25, 0.3) is 0 Å². The third-order valence-corrected chi connectivity index (χ3v) is 6.52. The average molecular weight is 432 g/mol. The summed E-state index contributed by atoms with van der Waals surface area (Å²) in [6.45, 7) is 1.21. The molecule has 3 amide bonds. The highest BCUT2D eigenvalue weighted by molar-refractivity contribution is 6.42. The monoisotopic (exact) mass is 431 g/mol. The second-order valence-corrected chi connectivity index (χ2v) is 8.33. The highest BCUT2D eigenvalue weighted by Gasteiger charge is 2.29. The van der Waals surface area contributed by atoms with Crippen molar-refractivity contribution in [3.05, 3.63) is 69.2 Å². The summed E-state index contributed by atoms with van der Waals surface area (Å²) in [6.07, 6.45) is 3.01. The molecule has 0 bridgehead atoms. The molecule has 0 radical (unpaired) electrons. The van der Waals surface area contributed by atoms with Crippen LogP contribution in [0.2, 0.25) is 10.0 Å². The summed E-state index contributed by atoms with van der Waals surface area (Å²) in [5, 5.41) is 7.23. The zero-order valence-electron chi connectivity index (χ0n) is 16.0.